The van der Waals surface area contributed by atoms with Crippen LogP contribution in [-0.4, -0.2) is 41.8 Å². The summed E-state index contributed by atoms with van der Waals surface area (Å²) >= 11 is 0. The Bertz CT molecular complexity index is 922. The summed E-state index contributed by atoms with van der Waals surface area (Å²) in [4.78, 5) is 41.2. The van der Waals surface area contributed by atoms with Crippen LogP contribution >= 0.6 is 0 Å². The highest BCUT2D eigenvalue weighted by Gasteiger charge is 2.48. The van der Waals surface area contributed by atoms with Gasteiger partial charge in [-0.1, -0.05) is 0 Å². The molecule has 2 fully saturated rings. The number of imide groups is 1. The third kappa shape index (κ3) is 3.24. The first kappa shape index (κ1) is 18.2. The maximum Gasteiger partial charge on any atom is 0.257 e. The molecule has 2 aliphatic rings. The highest BCUT2D eigenvalue weighted by Crippen LogP contribution is 2.35. The lowest BCUT2D eigenvalue weighted by Gasteiger charge is -2.27. The molecule has 28 heavy (non-hydrogen) atoms. The van der Waals surface area contributed by atoms with Crippen LogP contribution in [-0.2, 0) is 9.59 Å². The van der Waals surface area contributed by atoms with E-state index in [9.17, 15) is 18.8 Å². The average Bonchev–Trinajstić information content (AvgIpc) is 3.49. The van der Waals surface area contributed by atoms with Gasteiger partial charge in [-0.15, -0.1) is 0 Å². The van der Waals surface area contributed by atoms with Crippen LogP contribution in [0.3, 0.4) is 0 Å². The highest BCUT2D eigenvalue weighted by molar-refractivity contribution is 6.23. The Morgan fingerprint density at radius 1 is 1.07 bits per heavy atom. The van der Waals surface area contributed by atoms with Crippen molar-refractivity contribution < 1.29 is 23.5 Å². The summed E-state index contributed by atoms with van der Waals surface area (Å²) < 4.78 is 18.3. The summed E-state index contributed by atoms with van der Waals surface area (Å²) in [5.41, 5.74) is 0.750. The van der Waals surface area contributed by atoms with Crippen molar-refractivity contribution in [3.63, 3.8) is 0 Å². The third-order valence-corrected chi connectivity index (χ3v) is 5.06. The number of hydrogen-bond acceptors (Lipinski definition) is 4. The lowest BCUT2D eigenvalue weighted by Crippen LogP contribution is -2.46. The molecule has 7 heteroatoms. The minimum Gasteiger partial charge on any atom is -0.497 e. The number of nitrogens with zero attached hydrogens (tertiary/aromatic N) is 2. The van der Waals surface area contributed by atoms with Crippen molar-refractivity contribution in [3.05, 3.63) is 59.9 Å². The van der Waals surface area contributed by atoms with E-state index in [1.807, 2.05) is 0 Å². The van der Waals surface area contributed by atoms with E-state index in [4.69, 9.17) is 4.74 Å². The monoisotopic (exact) mass is 382 g/mol. The van der Waals surface area contributed by atoms with Gasteiger partial charge in [-0.05, 0) is 61.4 Å². The quantitative estimate of drug-likeness (QED) is 0.746. The lowest BCUT2D eigenvalue weighted by atomic mass is 10.1. The molecule has 3 amide bonds. The van der Waals surface area contributed by atoms with E-state index in [-0.39, 0.29) is 18.4 Å². The summed E-state index contributed by atoms with van der Waals surface area (Å²) in [5, 5.41) is 0. The van der Waals surface area contributed by atoms with Gasteiger partial charge in [0.25, 0.3) is 11.8 Å². The van der Waals surface area contributed by atoms with Crippen molar-refractivity contribution >= 4 is 23.4 Å². The molecule has 144 valence electrons. The lowest BCUT2D eigenvalue weighted by molar-refractivity contribution is -0.122. The predicted octanol–water partition coefficient (Wildman–Crippen LogP) is 2.77. The predicted molar refractivity (Wildman–Crippen MR) is 99.5 cm³/mol. The SMILES string of the molecule is COc1ccc(C(=O)N(C2CC2)C2CC(=O)N(c3ccc(F)cc3)C2=O)cc1. The van der Waals surface area contributed by atoms with Gasteiger partial charge in [0, 0.05) is 11.6 Å². The Kier molecular flexibility index (Phi) is 4.58. The molecule has 1 aliphatic carbocycles. The number of carbonyl (C=O) groups is 3. The molecule has 1 aliphatic heterocycles. The Morgan fingerprint density at radius 2 is 1.71 bits per heavy atom. The molecular formula is C21H19FN2O4. The van der Waals surface area contributed by atoms with Crippen molar-refractivity contribution in [1.29, 1.82) is 0 Å². The Labute approximate surface area is 161 Å². The maximum atomic E-state index is 13.2. The van der Waals surface area contributed by atoms with Gasteiger partial charge < -0.3 is 9.64 Å². The van der Waals surface area contributed by atoms with E-state index < -0.39 is 23.7 Å². The summed E-state index contributed by atoms with van der Waals surface area (Å²) in [5.74, 6) is -0.949. The fourth-order valence-corrected chi connectivity index (χ4v) is 3.49. The number of anilines is 1. The molecule has 0 bridgehead atoms. The zero-order chi connectivity index (χ0) is 19.8. The van der Waals surface area contributed by atoms with E-state index in [0.29, 0.717) is 17.0 Å². The molecule has 2 aromatic carbocycles. The fraction of sp³-hybridized carbons (Fsp3) is 0.286. The van der Waals surface area contributed by atoms with Crippen LogP contribution in [0.25, 0.3) is 0 Å². The first-order valence-electron chi connectivity index (χ1n) is 9.08. The minimum atomic E-state index is -0.848. The van der Waals surface area contributed by atoms with E-state index in [1.165, 1.54) is 29.2 Å². The van der Waals surface area contributed by atoms with Crippen molar-refractivity contribution in [1.82, 2.24) is 4.90 Å². The highest BCUT2D eigenvalue weighted by atomic mass is 19.1. The molecule has 1 saturated heterocycles. The first-order chi connectivity index (χ1) is 13.5. The van der Waals surface area contributed by atoms with Gasteiger partial charge in [-0.2, -0.15) is 0 Å². The topological polar surface area (TPSA) is 66.9 Å². The van der Waals surface area contributed by atoms with Gasteiger partial charge in [-0.3, -0.25) is 14.4 Å². The number of rotatable bonds is 5. The van der Waals surface area contributed by atoms with Gasteiger partial charge >= 0.3 is 0 Å². The Balaban J connectivity index is 1.61. The van der Waals surface area contributed by atoms with Crippen LogP contribution < -0.4 is 9.64 Å². The minimum absolute atomic E-state index is 0.0514. The number of carbonyl (C=O) groups excluding carboxylic acids is 3. The first-order valence-corrected chi connectivity index (χ1v) is 9.08. The molecule has 0 radical (unpaired) electrons. The van der Waals surface area contributed by atoms with Crippen LogP contribution in [0, 0.1) is 5.82 Å². The molecule has 1 atom stereocenters. The standard InChI is InChI=1S/C21H19FN2O4/c1-28-17-10-2-13(3-11-17)20(26)23(15-8-9-15)18-12-19(25)24(21(18)27)16-6-4-14(22)5-7-16/h2-7,10-11,15,18H,8-9,12H2,1H3. The Morgan fingerprint density at radius 3 is 2.29 bits per heavy atom. The molecule has 0 aromatic heterocycles. The van der Waals surface area contributed by atoms with Gasteiger partial charge in [0.05, 0.1) is 19.2 Å². The molecule has 1 unspecified atom stereocenters. The van der Waals surface area contributed by atoms with Gasteiger partial charge in [0.15, 0.2) is 0 Å². The number of ether oxygens (including phenoxy) is 1. The van der Waals surface area contributed by atoms with Crippen LogP contribution in [0.2, 0.25) is 0 Å². The molecule has 2 aromatic rings. The van der Waals surface area contributed by atoms with Crippen molar-refractivity contribution in [2.75, 3.05) is 12.0 Å². The van der Waals surface area contributed by atoms with Crippen LogP contribution in [0.15, 0.2) is 48.5 Å². The van der Waals surface area contributed by atoms with Gasteiger partial charge in [-0.25, -0.2) is 9.29 Å². The zero-order valence-corrected chi connectivity index (χ0v) is 15.3. The molecule has 6 nitrogen and oxygen atoms in total. The van der Waals surface area contributed by atoms with Crippen LogP contribution in [0.4, 0.5) is 10.1 Å². The fourth-order valence-electron chi connectivity index (χ4n) is 3.49. The van der Waals surface area contributed by atoms with E-state index in [0.717, 1.165) is 17.7 Å². The molecule has 0 spiro atoms. The molecule has 1 heterocycles. The number of benzene rings is 2. The second-order valence-corrected chi connectivity index (χ2v) is 6.94. The number of methoxy groups -OCH3 is 1. The molecule has 1 saturated carbocycles. The number of halogens is 1. The Hall–Kier alpha value is -3.22. The summed E-state index contributed by atoms with van der Waals surface area (Å²) in [6.07, 6.45) is 1.53. The van der Waals surface area contributed by atoms with E-state index in [1.54, 1.807) is 31.4 Å². The van der Waals surface area contributed by atoms with Crippen molar-refractivity contribution in [2.24, 2.45) is 0 Å². The average molecular weight is 382 g/mol. The van der Waals surface area contributed by atoms with E-state index in [2.05, 4.69) is 0 Å². The third-order valence-electron chi connectivity index (χ3n) is 5.06. The second-order valence-electron chi connectivity index (χ2n) is 6.94. The van der Waals surface area contributed by atoms with Crippen LogP contribution in [0.1, 0.15) is 29.6 Å². The molecular weight excluding hydrogens is 363 g/mol. The summed E-state index contributed by atoms with van der Waals surface area (Å²) in [7, 11) is 1.54. The zero-order valence-electron chi connectivity index (χ0n) is 15.3. The molecule has 0 N–H and O–H groups in total. The van der Waals surface area contributed by atoms with Crippen molar-refractivity contribution in [2.45, 2.75) is 31.3 Å². The van der Waals surface area contributed by atoms with E-state index >= 15 is 0 Å². The van der Waals surface area contributed by atoms with Gasteiger partial charge in [0.1, 0.15) is 17.6 Å². The summed E-state index contributed by atoms with van der Waals surface area (Å²) in [6.45, 7) is 0. The maximum absolute atomic E-state index is 13.2. The normalized spacial score (nSPS) is 19.1. The summed E-state index contributed by atoms with van der Waals surface area (Å²) in [6, 6.07) is 10.9. The van der Waals surface area contributed by atoms with Crippen molar-refractivity contribution in [3.8, 4) is 5.75 Å². The number of amides is 3. The van der Waals surface area contributed by atoms with Crippen LogP contribution in [0.5, 0.6) is 5.75 Å². The molecule has 4 rings (SSSR count). The van der Waals surface area contributed by atoms with Gasteiger partial charge in [0.2, 0.25) is 5.91 Å². The number of hydrogen-bond donors (Lipinski definition) is 0. The largest absolute Gasteiger partial charge is 0.497 e. The second kappa shape index (κ2) is 7.07. The smallest absolute Gasteiger partial charge is 0.257 e.